The van der Waals surface area contributed by atoms with E-state index in [1.54, 1.807) is 0 Å². The molecule has 0 saturated carbocycles. The Labute approximate surface area is 486 Å². The number of nitrogens with zero attached hydrogens (tertiary/aromatic N) is 6. The zero-order valence-corrected chi connectivity index (χ0v) is 45.7. The van der Waals surface area contributed by atoms with Gasteiger partial charge in [-0.15, -0.1) is 0 Å². The van der Waals surface area contributed by atoms with Crippen molar-refractivity contribution in [2.45, 2.75) is 0 Å². The van der Waals surface area contributed by atoms with Crippen molar-refractivity contribution in [3.8, 4) is 22.3 Å². The number of hydrogen-bond donors (Lipinski definition) is 0. The van der Waals surface area contributed by atoms with Crippen LogP contribution < -0.4 is 9.80 Å². The van der Waals surface area contributed by atoms with E-state index in [9.17, 15) is 0 Å². The summed E-state index contributed by atoms with van der Waals surface area (Å²) in [6, 6.07) is 98.6. The van der Waals surface area contributed by atoms with E-state index in [1.165, 1.54) is 43.8 Å². The van der Waals surface area contributed by atoms with Crippen LogP contribution in [0.2, 0.25) is 0 Å². The molecule has 0 spiro atoms. The number of para-hydroxylation sites is 2. The average molecular weight is 1070 g/mol. The molecule has 0 radical (unpaired) electrons. The summed E-state index contributed by atoms with van der Waals surface area (Å²) in [5.74, 6) is 3.20. The van der Waals surface area contributed by atoms with Gasteiger partial charge in [-0.3, -0.25) is 9.80 Å². The third-order valence-corrected chi connectivity index (χ3v) is 15.8. The molecule has 84 heavy (non-hydrogen) atoms. The van der Waals surface area contributed by atoms with E-state index < -0.39 is 0 Å². The highest BCUT2D eigenvalue weighted by atomic mass is 15.2. The summed E-state index contributed by atoms with van der Waals surface area (Å²) in [7, 11) is 0. The molecule has 0 aliphatic carbocycles. The van der Waals surface area contributed by atoms with Crippen LogP contribution in [0.5, 0.6) is 0 Å². The third-order valence-electron chi connectivity index (χ3n) is 15.8. The van der Waals surface area contributed by atoms with E-state index in [-0.39, 0.29) is 0 Å². The molecule has 0 bridgehead atoms. The van der Waals surface area contributed by atoms with E-state index >= 15 is 0 Å². The summed E-state index contributed by atoms with van der Waals surface area (Å²) in [6.45, 7) is 0. The van der Waals surface area contributed by atoms with Gasteiger partial charge in [-0.05, 0) is 162 Å². The lowest BCUT2D eigenvalue weighted by molar-refractivity contribution is 1.15. The molecule has 4 aromatic heterocycles. The molecule has 0 unspecified atom stereocenters. The van der Waals surface area contributed by atoms with Crippen molar-refractivity contribution in [3.63, 3.8) is 0 Å². The molecular formula is C78H52N6. The van der Waals surface area contributed by atoms with Crippen molar-refractivity contribution in [1.29, 1.82) is 0 Å². The van der Waals surface area contributed by atoms with Gasteiger partial charge in [-0.1, -0.05) is 218 Å². The molecule has 394 valence electrons. The van der Waals surface area contributed by atoms with Crippen molar-refractivity contribution in [2.24, 2.45) is 0 Å². The van der Waals surface area contributed by atoms with E-state index in [4.69, 9.17) is 19.9 Å². The topological polar surface area (TPSA) is 58.0 Å². The minimum absolute atomic E-state index is 0.801. The standard InChI is InChI=1S/C78H52N6/c1-3-17-59(18-4-1)77-67-43-35-55(29-27-53-31-39-65(40-32-53)83(73-45-37-57-15-11-13-25-71(57)81-73)75-49-61-21-7-9-23-63(61)51-79-75)47-69(67)70-48-56(36-44-68(70)78(77)60-19-5-2-6-20-60)30-28-54-33-41-66(42-34-54)84(74-46-38-58-16-12-14-26-72(58)82-74)76-50-62-22-8-10-24-64(62)52-80-76/h1-52H/b29-27+,30-28+. The van der Waals surface area contributed by atoms with E-state index in [0.29, 0.717) is 0 Å². The smallest absolute Gasteiger partial charge is 0.139 e. The first-order valence-electron chi connectivity index (χ1n) is 28.3. The first-order chi connectivity index (χ1) is 41.6. The second kappa shape index (κ2) is 21.6. The van der Waals surface area contributed by atoms with Crippen LogP contribution >= 0.6 is 0 Å². The molecule has 6 heteroatoms. The Morgan fingerprint density at radius 1 is 0.250 bits per heavy atom. The number of anilines is 6. The Morgan fingerprint density at radius 3 is 1.04 bits per heavy atom. The minimum Gasteiger partial charge on any atom is -0.279 e. The lowest BCUT2D eigenvalue weighted by Gasteiger charge is -2.24. The van der Waals surface area contributed by atoms with E-state index in [1.807, 2.05) is 48.8 Å². The summed E-state index contributed by atoms with van der Waals surface area (Å²) in [5, 5.41) is 11.4. The zero-order valence-electron chi connectivity index (χ0n) is 45.7. The van der Waals surface area contributed by atoms with Crippen molar-refractivity contribution in [2.75, 3.05) is 9.80 Å². The first-order valence-corrected chi connectivity index (χ1v) is 28.3. The largest absolute Gasteiger partial charge is 0.279 e. The Morgan fingerprint density at radius 2 is 0.607 bits per heavy atom. The SMILES string of the molecule is C(=C\c1ccc2c(-c3ccccc3)c(-c3ccccc3)c3ccc(/C=C/c4ccc(N(c5cc6ccccc6cn5)c5ccc6ccccc6n5)cc4)cc3c2c1)/c1ccc(N(c2cc3ccccc3cn2)c2ccc3ccccc3n2)cc1. The predicted molar refractivity (Wildman–Crippen MR) is 354 cm³/mol. The molecule has 0 amide bonds. The number of pyridine rings is 4. The van der Waals surface area contributed by atoms with Gasteiger partial charge < -0.3 is 0 Å². The zero-order chi connectivity index (χ0) is 55.8. The van der Waals surface area contributed by atoms with Crippen LogP contribution in [0.15, 0.2) is 291 Å². The summed E-state index contributed by atoms with van der Waals surface area (Å²) < 4.78 is 0. The molecule has 0 aliphatic rings. The normalized spacial score (nSPS) is 11.7. The number of fused-ring (bicyclic) bond motifs is 7. The molecule has 0 aliphatic heterocycles. The van der Waals surface area contributed by atoms with Crippen LogP contribution in [-0.4, -0.2) is 19.9 Å². The van der Waals surface area contributed by atoms with Gasteiger partial charge in [0.25, 0.3) is 0 Å². The van der Waals surface area contributed by atoms with Crippen molar-refractivity contribution >= 4 is 124 Å². The maximum absolute atomic E-state index is 5.13. The number of rotatable bonds is 12. The van der Waals surface area contributed by atoms with Gasteiger partial charge in [0.2, 0.25) is 0 Å². The lowest BCUT2D eigenvalue weighted by atomic mass is 9.84. The van der Waals surface area contributed by atoms with E-state index in [0.717, 1.165) is 100 Å². The van der Waals surface area contributed by atoms with Gasteiger partial charge in [0.1, 0.15) is 23.3 Å². The molecule has 4 heterocycles. The second-order valence-electron chi connectivity index (χ2n) is 21.1. The monoisotopic (exact) mass is 1070 g/mol. The van der Waals surface area contributed by atoms with Crippen LogP contribution in [0, 0.1) is 0 Å². The van der Waals surface area contributed by atoms with Crippen LogP contribution in [0.4, 0.5) is 34.6 Å². The van der Waals surface area contributed by atoms with Crippen LogP contribution in [0.25, 0.3) is 111 Å². The summed E-state index contributed by atoms with van der Waals surface area (Å²) in [5.41, 5.74) is 13.0. The van der Waals surface area contributed by atoms with Crippen LogP contribution in [0.1, 0.15) is 22.3 Å². The predicted octanol–water partition coefficient (Wildman–Crippen LogP) is 20.8. The highest BCUT2D eigenvalue weighted by Crippen LogP contribution is 2.46. The Kier molecular flexibility index (Phi) is 12.8. The fourth-order valence-electron chi connectivity index (χ4n) is 11.7. The molecule has 0 fully saturated rings. The van der Waals surface area contributed by atoms with Crippen LogP contribution in [-0.2, 0) is 0 Å². The van der Waals surface area contributed by atoms with Gasteiger partial charge in [0.15, 0.2) is 0 Å². The van der Waals surface area contributed by atoms with Gasteiger partial charge in [-0.2, -0.15) is 0 Å². The summed E-state index contributed by atoms with van der Waals surface area (Å²) in [6.07, 6.45) is 12.7. The second-order valence-corrected chi connectivity index (χ2v) is 21.1. The minimum atomic E-state index is 0.801. The molecule has 15 rings (SSSR count). The fourth-order valence-corrected chi connectivity index (χ4v) is 11.7. The maximum atomic E-state index is 5.13. The summed E-state index contributed by atoms with van der Waals surface area (Å²) >= 11 is 0. The van der Waals surface area contributed by atoms with Gasteiger partial charge >= 0.3 is 0 Å². The summed E-state index contributed by atoms with van der Waals surface area (Å²) in [4.78, 5) is 24.5. The fraction of sp³-hybridized carbons (Fsp3) is 0. The highest BCUT2D eigenvalue weighted by molar-refractivity contribution is 6.22. The number of hydrogen-bond acceptors (Lipinski definition) is 6. The molecule has 11 aromatic carbocycles. The Balaban J connectivity index is 0.791. The first kappa shape index (κ1) is 49.7. The third kappa shape index (κ3) is 9.63. The van der Waals surface area contributed by atoms with Crippen molar-refractivity contribution in [1.82, 2.24) is 19.9 Å². The number of benzene rings is 11. The maximum Gasteiger partial charge on any atom is 0.139 e. The van der Waals surface area contributed by atoms with Gasteiger partial charge in [0, 0.05) is 45.3 Å². The Hall–Kier alpha value is -11.3. The highest BCUT2D eigenvalue weighted by Gasteiger charge is 2.21. The molecule has 0 N–H and O–H groups in total. The quantitative estimate of drug-likeness (QED) is 0.0898. The van der Waals surface area contributed by atoms with Crippen molar-refractivity contribution < 1.29 is 0 Å². The van der Waals surface area contributed by atoms with Crippen molar-refractivity contribution in [3.05, 3.63) is 314 Å². The van der Waals surface area contributed by atoms with Crippen LogP contribution in [0.3, 0.4) is 0 Å². The molecule has 0 saturated heterocycles. The lowest BCUT2D eigenvalue weighted by Crippen LogP contribution is -2.13. The molecule has 0 atom stereocenters. The molecular weight excluding hydrogens is 1020 g/mol. The average Bonchev–Trinajstić information content (AvgIpc) is 1.21. The molecule has 6 nitrogen and oxygen atoms in total. The molecule has 15 aromatic rings. The Bertz CT molecular complexity index is 4540. The number of aromatic nitrogens is 4. The van der Waals surface area contributed by atoms with E-state index in [2.05, 4.69) is 277 Å². The van der Waals surface area contributed by atoms with Gasteiger partial charge in [0.05, 0.1) is 11.0 Å². The van der Waals surface area contributed by atoms with Gasteiger partial charge in [-0.25, -0.2) is 19.9 Å².